The van der Waals surface area contributed by atoms with Crippen molar-refractivity contribution in [3.8, 4) is 0 Å². The average Bonchev–Trinajstić information content (AvgIpc) is 3.78. The van der Waals surface area contributed by atoms with Crippen LogP contribution in [0, 0.1) is 0 Å². The predicted molar refractivity (Wildman–Crippen MR) is 235 cm³/mol. The Kier molecular flexibility index (Phi) is 13.0. The number of amides is 5. The molecule has 5 aliphatic heterocycles. The molecule has 334 valence electrons. The first-order chi connectivity index (χ1) is 30.5. The fourth-order valence-corrected chi connectivity index (χ4v) is 9.94. The molecule has 2 saturated heterocycles. The molecule has 6 heterocycles. The van der Waals surface area contributed by atoms with Crippen LogP contribution in [-0.2, 0) is 33.8 Å². The summed E-state index contributed by atoms with van der Waals surface area (Å²) in [7, 11) is 1.59. The number of carbonyl (C=O) groups excluding carboxylic acids is 5. The molecular weight excluding hydrogens is 811 g/mol. The first-order valence-electron chi connectivity index (χ1n) is 22.2. The lowest BCUT2D eigenvalue weighted by atomic mass is 9.92. The lowest BCUT2D eigenvalue weighted by molar-refractivity contribution is -0.136. The Morgan fingerprint density at radius 1 is 1.00 bits per heavy atom. The van der Waals surface area contributed by atoms with Gasteiger partial charge >= 0.3 is 0 Å². The van der Waals surface area contributed by atoms with E-state index in [9.17, 15) is 32.8 Å². The summed E-state index contributed by atoms with van der Waals surface area (Å²) in [5.41, 5.74) is 11.5. The molecular formula is C46H56F2N10O5. The predicted octanol–water partition coefficient (Wildman–Crippen LogP) is 5.52. The number of aliphatic imine (C=N–C) groups is 1. The van der Waals surface area contributed by atoms with E-state index in [1.807, 2.05) is 11.0 Å². The van der Waals surface area contributed by atoms with Crippen molar-refractivity contribution in [2.45, 2.75) is 103 Å². The van der Waals surface area contributed by atoms with Crippen LogP contribution in [0.5, 0.6) is 0 Å². The smallest absolute Gasteiger partial charge is 0.264 e. The SMILES string of the molecule is CN=C/C(=C\N)c1cc2c(cc1C(F)F)N(c1nn(C3CCN(CCCCCCNc4cccc5c4C(=O)N(C4CCC(=O)NC4=O)C5=O)CC3)c3c1CN(C(C)=O)CC3)CCC2. The zero-order chi connectivity index (χ0) is 44.4. The number of hydrogen-bond acceptors (Lipinski definition) is 11. The van der Waals surface area contributed by atoms with Crippen molar-refractivity contribution in [2.75, 3.05) is 56.5 Å². The maximum absolute atomic E-state index is 14.7. The number of piperidine rings is 2. The minimum atomic E-state index is -2.72. The summed E-state index contributed by atoms with van der Waals surface area (Å²) in [6.45, 7) is 6.73. The van der Waals surface area contributed by atoms with Crippen molar-refractivity contribution >= 4 is 58.5 Å². The third kappa shape index (κ3) is 8.71. The molecule has 0 radical (unpaired) electrons. The molecule has 3 aromatic rings. The molecule has 17 heteroatoms. The number of imide groups is 2. The molecule has 15 nitrogen and oxygen atoms in total. The van der Waals surface area contributed by atoms with E-state index in [1.54, 1.807) is 38.2 Å². The van der Waals surface area contributed by atoms with Crippen molar-refractivity contribution < 1.29 is 32.8 Å². The van der Waals surface area contributed by atoms with Crippen LogP contribution in [0.1, 0.15) is 126 Å². The largest absolute Gasteiger partial charge is 0.404 e. The van der Waals surface area contributed by atoms with Gasteiger partial charge in [0, 0.05) is 106 Å². The summed E-state index contributed by atoms with van der Waals surface area (Å²) in [5, 5.41) is 10.9. The number of halogens is 2. The van der Waals surface area contributed by atoms with E-state index in [0.29, 0.717) is 49.4 Å². The van der Waals surface area contributed by atoms with Gasteiger partial charge in [-0.2, -0.15) is 5.10 Å². The van der Waals surface area contributed by atoms with Gasteiger partial charge in [-0.05, 0) is 86.9 Å². The normalized spacial score (nSPS) is 19.9. The Hall–Kier alpha value is -5.97. The molecule has 1 unspecified atom stereocenters. The number of fused-ring (bicyclic) bond motifs is 3. The minimum absolute atomic E-state index is 0.0000833. The quantitative estimate of drug-likeness (QED) is 0.106. The Morgan fingerprint density at radius 2 is 1.79 bits per heavy atom. The second-order valence-corrected chi connectivity index (χ2v) is 17.1. The summed E-state index contributed by atoms with van der Waals surface area (Å²) in [6, 6.07) is 7.70. The van der Waals surface area contributed by atoms with Crippen molar-refractivity contribution in [1.29, 1.82) is 0 Å². The number of nitrogens with zero attached hydrogens (tertiary/aromatic N) is 7. The van der Waals surface area contributed by atoms with Gasteiger partial charge in [0.25, 0.3) is 18.2 Å². The molecule has 1 atom stereocenters. The van der Waals surface area contributed by atoms with Crippen LogP contribution in [0.4, 0.5) is 26.0 Å². The highest BCUT2D eigenvalue weighted by atomic mass is 19.3. The Labute approximate surface area is 365 Å². The van der Waals surface area contributed by atoms with E-state index >= 15 is 0 Å². The highest BCUT2D eigenvalue weighted by molar-refractivity contribution is 6.25. The number of aryl methyl sites for hydroxylation is 1. The zero-order valence-corrected chi connectivity index (χ0v) is 36.0. The van der Waals surface area contributed by atoms with Crippen molar-refractivity contribution in [1.82, 2.24) is 29.8 Å². The van der Waals surface area contributed by atoms with Crippen molar-refractivity contribution in [3.63, 3.8) is 0 Å². The fraction of sp³-hybridized carbons (Fsp3) is 0.500. The van der Waals surface area contributed by atoms with Crippen LogP contribution in [0.3, 0.4) is 0 Å². The molecule has 0 aliphatic carbocycles. The molecule has 2 fully saturated rings. The van der Waals surface area contributed by atoms with Crippen LogP contribution in [-0.4, -0.2) is 113 Å². The maximum atomic E-state index is 14.7. The van der Waals surface area contributed by atoms with E-state index in [1.165, 1.54) is 12.4 Å². The third-order valence-corrected chi connectivity index (χ3v) is 13.2. The molecule has 0 bridgehead atoms. The second-order valence-electron chi connectivity index (χ2n) is 17.1. The molecule has 8 rings (SSSR count). The van der Waals surface area contributed by atoms with Crippen molar-refractivity contribution in [3.05, 3.63) is 75.6 Å². The number of nitrogens with two attached hydrogens (primary N) is 1. The molecule has 63 heavy (non-hydrogen) atoms. The van der Waals surface area contributed by atoms with Crippen LogP contribution >= 0.6 is 0 Å². The Balaban J connectivity index is 0.865. The summed E-state index contributed by atoms with van der Waals surface area (Å²) in [4.78, 5) is 74.8. The first-order valence-corrected chi connectivity index (χ1v) is 22.2. The lowest BCUT2D eigenvalue weighted by Gasteiger charge is -2.34. The van der Waals surface area contributed by atoms with Gasteiger partial charge < -0.3 is 25.8 Å². The highest BCUT2D eigenvalue weighted by Gasteiger charge is 2.45. The standard InChI is InChI=1S/C46H56F2N10O5/c1-28(59)55-22-16-37-35(27-55)43(56-19-8-9-29-23-33(30(25-49)26-50-2)34(42(47)48)24-39(29)56)53-58(37)31-14-20-54(21-15-31)18-6-4-3-5-17-51-36-11-7-10-32-41(36)46(63)57(45(32)62)38-12-13-40(60)52-44(38)61/h7,10-11,23-26,31,38,42,51H,3-6,8-9,12-22,27,49H2,1-2H3,(H,52,60,61)/b30-25+,50-26?. The van der Waals surface area contributed by atoms with Gasteiger partial charge in [0.1, 0.15) is 6.04 Å². The van der Waals surface area contributed by atoms with Crippen LogP contribution in [0.15, 0.2) is 41.5 Å². The van der Waals surface area contributed by atoms with E-state index in [4.69, 9.17) is 10.8 Å². The van der Waals surface area contributed by atoms with Gasteiger partial charge in [-0.15, -0.1) is 0 Å². The number of unbranched alkanes of at least 4 members (excludes halogenated alkanes) is 3. The number of anilines is 3. The molecule has 5 aliphatic rings. The minimum Gasteiger partial charge on any atom is -0.404 e. The Morgan fingerprint density at radius 3 is 2.52 bits per heavy atom. The number of rotatable bonds is 14. The Bertz CT molecular complexity index is 2350. The molecule has 0 saturated carbocycles. The number of alkyl halides is 2. The summed E-state index contributed by atoms with van der Waals surface area (Å²) >= 11 is 0. The van der Waals surface area contributed by atoms with Gasteiger partial charge in [-0.25, -0.2) is 8.78 Å². The maximum Gasteiger partial charge on any atom is 0.264 e. The van der Waals surface area contributed by atoms with Crippen LogP contribution in [0.2, 0.25) is 0 Å². The zero-order valence-electron chi connectivity index (χ0n) is 36.0. The molecule has 1 aromatic heterocycles. The van der Waals surface area contributed by atoms with E-state index in [2.05, 4.69) is 30.1 Å². The summed E-state index contributed by atoms with van der Waals surface area (Å²) < 4.78 is 31.5. The highest BCUT2D eigenvalue weighted by Crippen LogP contribution is 2.43. The topological polar surface area (TPSA) is 179 Å². The summed E-state index contributed by atoms with van der Waals surface area (Å²) in [6.07, 6.45) is 8.35. The first kappa shape index (κ1) is 43.7. The summed E-state index contributed by atoms with van der Waals surface area (Å²) in [5.74, 6) is -1.32. The van der Waals surface area contributed by atoms with Crippen LogP contribution in [0.25, 0.3) is 5.57 Å². The van der Waals surface area contributed by atoms with Gasteiger partial charge in [-0.1, -0.05) is 18.9 Å². The van der Waals surface area contributed by atoms with Crippen LogP contribution < -0.4 is 21.3 Å². The van der Waals surface area contributed by atoms with E-state index in [0.717, 1.165) is 104 Å². The average molecular weight is 867 g/mol. The van der Waals surface area contributed by atoms with E-state index in [-0.39, 0.29) is 41.5 Å². The van der Waals surface area contributed by atoms with Crippen molar-refractivity contribution in [2.24, 2.45) is 10.7 Å². The molecule has 2 aromatic carbocycles. The van der Waals surface area contributed by atoms with Gasteiger partial charge in [0.2, 0.25) is 17.7 Å². The number of aromatic nitrogens is 2. The molecule has 4 N–H and O–H groups in total. The number of hydrogen-bond donors (Lipinski definition) is 3. The van der Waals surface area contributed by atoms with E-state index < -0.39 is 36.1 Å². The molecule has 5 amide bonds. The number of likely N-dealkylation sites (tertiary alicyclic amines) is 1. The fourth-order valence-electron chi connectivity index (χ4n) is 9.94. The van der Waals surface area contributed by atoms with Gasteiger partial charge in [0.15, 0.2) is 5.82 Å². The number of nitrogens with one attached hydrogen (secondary N) is 2. The molecule has 0 spiro atoms. The van der Waals surface area contributed by atoms with Gasteiger partial charge in [0.05, 0.1) is 23.7 Å². The number of carbonyl (C=O) groups is 5. The monoisotopic (exact) mass is 866 g/mol. The van der Waals surface area contributed by atoms with Gasteiger partial charge in [-0.3, -0.25) is 43.9 Å². The number of allylic oxidation sites excluding steroid dienone is 1. The number of benzene rings is 2. The lowest BCUT2D eigenvalue weighted by Crippen LogP contribution is -2.54. The third-order valence-electron chi connectivity index (χ3n) is 13.2. The second kappa shape index (κ2) is 18.8.